The first-order valence-electron chi connectivity index (χ1n) is 8.84. The maximum absolute atomic E-state index is 4.69. The first kappa shape index (κ1) is 14.9. The van der Waals surface area contributed by atoms with Crippen LogP contribution in [0.1, 0.15) is 63.1 Å². The molecule has 0 bridgehead atoms. The van der Waals surface area contributed by atoms with Gasteiger partial charge < -0.3 is 14.8 Å². The summed E-state index contributed by atoms with van der Waals surface area (Å²) in [5.41, 5.74) is 1.14. The Morgan fingerprint density at radius 1 is 1.14 bits per heavy atom. The summed E-state index contributed by atoms with van der Waals surface area (Å²) in [6.07, 6.45) is 13.0. The molecule has 0 unspecified atom stereocenters. The molecule has 0 atom stereocenters. The Kier molecular flexibility index (Phi) is 5.17. The number of anilines is 1. The normalized spacial score (nSPS) is 21.0. The third-order valence-electron chi connectivity index (χ3n) is 4.95. The minimum atomic E-state index is 0.668. The predicted octanol–water partition coefficient (Wildman–Crippen LogP) is 3.59. The van der Waals surface area contributed by atoms with Crippen LogP contribution in [-0.4, -0.2) is 40.6 Å². The average Bonchev–Trinajstić information content (AvgIpc) is 3.14. The van der Waals surface area contributed by atoms with E-state index in [0.717, 1.165) is 18.2 Å². The molecule has 4 nitrogen and oxygen atoms in total. The van der Waals surface area contributed by atoms with Crippen molar-refractivity contribution in [1.82, 2.24) is 14.5 Å². The molecule has 0 spiro atoms. The fraction of sp³-hybridized carbons (Fsp3) is 0.824. The Balaban J connectivity index is 1.49. The number of hydrogen-bond donors (Lipinski definition) is 1. The number of aromatic nitrogens is 2. The molecule has 2 heterocycles. The van der Waals surface area contributed by atoms with Crippen molar-refractivity contribution < 1.29 is 0 Å². The SMILES string of the molecule is Cc1cn(C2CCCCC2)c(NCCCN2CCCC2)n1. The number of imidazole rings is 1. The zero-order valence-corrected chi connectivity index (χ0v) is 13.5. The fourth-order valence-electron chi connectivity index (χ4n) is 3.79. The monoisotopic (exact) mass is 290 g/mol. The number of nitrogens with one attached hydrogen (secondary N) is 1. The second kappa shape index (κ2) is 7.30. The molecule has 0 radical (unpaired) electrons. The molecule has 1 saturated heterocycles. The Morgan fingerprint density at radius 2 is 1.90 bits per heavy atom. The van der Waals surface area contributed by atoms with Crippen LogP contribution < -0.4 is 5.32 Å². The molecule has 1 aromatic rings. The van der Waals surface area contributed by atoms with Crippen molar-refractivity contribution in [3.8, 4) is 0 Å². The van der Waals surface area contributed by atoms with Crippen LogP contribution in [0.25, 0.3) is 0 Å². The maximum Gasteiger partial charge on any atom is 0.203 e. The van der Waals surface area contributed by atoms with Gasteiger partial charge in [-0.3, -0.25) is 0 Å². The number of nitrogens with zero attached hydrogens (tertiary/aromatic N) is 3. The molecule has 1 aliphatic heterocycles. The lowest BCUT2D eigenvalue weighted by molar-refractivity contribution is 0.336. The van der Waals surface area contributed by atoms with Crippen molar-refractivity contribution in [2.75, 3.05) is 31.5 Å². The van der Waals surface area contributed by atoms with Gasteiger partial charge in [-0.05, 0) is 58.7 Å². The van der Waals surface area contributed by atoms with Gasteiger partial charge in [0, 0.05) is 18.8 Å². The molecular weight excluding hydrogens is 260 g/mol. The van der Waals surface area contributed by atoms with Gasteiger partial charge in [0.1, 0.15) is 0 Å². The van der Waals surface area contributed by atoms with E-state index in [-0.39, 0.29) is 0 Å². The third-order valence-corrected chi connectivity index (χ3v) is 4.95. The first-order chi connectivity index (χ1) is 10.3. The number of hydrogen-bond acceptors (Lipinski definition) is 3. The van der Waals surface area contributed by atoms with E-state index in [2.05, 4.69) is 27.9 Å². The summed E-state index contributed by atoms with van der Waals surface area (Å²) in [4.78, 5) is 7.28. The molecule has 1 aliphatic carbocycles. The zero-order valence-electron chi connectivity index (χ0n) is 13.5. The Labute approximate surface area is 128 Å². The summed E-state index contributed by atoms with van der Waals surface area (Å²) >= 11 is 0. The molecule has 0 aromatic carbocycles. The van der Waals surface area contributed by atoms with Gasteiger partial charge in [0.05, 0.1) is 5.69 Å². The minimum absolute atomic E-state index is 0.668. The van der Waals surface area contributed by atoms with Crippen LogP contribution in [0, 0.1) is 6.92 Å². The molecule has 2 aliphatic rings. The van der Waals surface area contributed by atoms with E-state index >= 15 is 0 Å². The number of rotatable bonds is 6. The van der Waals surface area contributed by atoms with Crippen molar-refractivity contribution in [3.05, 3.63) is 11.9 Å². The molecule has 1 aromatic heterocycles. The van der Waals surface area contributed by atoms with Crippen LogP contribution in [0.4, 0.5) is 5.95 Å². The van der Waals surface area contributed by atoms with Gasteiger partial charge in [0.15, 0.2) is 0 Å². The van der Waals surface area contributed by atoms with Crippen LogP contribution in [-0.2, 0) is 0 Å². The highest BCUT2D eigenvalue weighted by Crippen LogP contribution is 2.30. The van der Waals surface area contributed by atoms with Gasteiger partial charge in [-0.25, -0.2) is 4.98 Å². The van der Waals surface area contributed by atoms with Crippen molar-refractivity contribution in [3.63, 3.8) is 0 Å². The Bertz CT molecular complexity index is 428. The second-order valence-electron chi connectivity index (χ2n) is 6.73. The summed E-state index contributed by atoms with van der Waals surface area (Å²) in [6, 6.07) is 0.668. The number of likely N-dealkylation sites (tertiary alicyclic amines) is 1. The molecule has 3 rings (SSSR count). The zero-order chi connectivity index (χ0) is 14.5. The van der Waals surface area contributed by atoms with Gasteiger partial charge in [0.2, 0.25) is 5.95 Å². The van der Waals surface area contributed by atoms with Crippen molar-refractivity contribution in [2.45, 2.75) is 64.3 Å². The molecular formula is C17H30N4. The standard InChI is InChI=1S/C17H30N4/c1-15-14-21(16-8-3-2-4-9-16)17(19-15)18-10-7-13-20-11-5-6-12-20/h14,16H,2-13H2,1H3,(H,18,19). The average molecular weight is 290 g/mol. The molecule has 1 saturated carbocycles. The largest absolute Gasteiger partial charge is 0.356 e. The molecule has 1 N–H and O–H groups in total. The quantitative estimate of drug-likeness (QED) is 0.813. The van der Waals surface area contributed by atoms with Gasteiger partial charge >= 0.3 is 0 Å². The second-order valence-corrected chi connectivity index (χ2v) is 6.73. The Hall–Kier alpha value is -1.03. The van der Waals surface area contributed by atoms with Crippen molar-refractivity contribution in [1.29, 1.82) is 0 Å². The lowest BCUT2D eigenvalue weighted by atomic mass is 9.95. The van der Waals surface area contributed by atoms with Crippen LogP contribution in [0.3, 0.4) is 0 Å². The lowest BCUT2D eigenvalue weighted by Crippen LogP contribution is -2.23. The summed E-state index contributed by atoms with van der Waals surface area (Å²) < 4.78 is 2.41. The van der Waals surface area contributed by atoms with Gasteiger partial charge in [-0.1, -0.05) is 19.3 Å². The fourth-order valence-corrected chi connectivity index (χ4v) is 3.79. The molecule has 0 amide bonds. The summed E-state index contributed by atoms with van der Waals surface area (Å²) in [6.45, 7) is 6.98. The first-order valence-corrected chi connectivity index (χ1v) is 8.84. The van der Waals surface area contributed by atoms with E-state index in [1.165, 1.54) is 71.0 Å². The van der Waals surface area contributed by atoms with E-state index in [1.807, 2.05) is 0 Å². The highest BCUT2D eigenvalue weighted by Gasteiger charge is 2.18. The molecule has 118 valence electrons. The molecule has 21 heavy (non-hydrogen) atoms. The summed E-state index contributed by atoms with van der Waals surface area (Å²) in [5, 5.41) is 3.58. The Morgan fingerprint density at radius 3 is 2.67 bits per heavy atom. The lowest BCUT2D eigenvalue weighted by Gasteiger charge is -2.25. The van der Waals surface area contributed by atoms with E-state index in [9.17, 15) is 0 Å². The highest BCUT2D eigenvalue weighted by atomic mass is 15.2. The van der Waals surface area contributed by atoms with Crippen LogP contribution in [0.15, 0.2) is 6.20 Å². The maximum atomic E-state index is 4.69. The summed E-state index contributed by atoms with van der Waals surface area (Å²) in [5.74, 6) is 1.10. The highest BCUT2D eigenvalue weighted by molar-refractivity contribution is 5.29. The van der Waals surface area contributed by atoms with E-state index in [1.54, 1.807) is 0 Å². The van der Waals surface area contributed by atoms with Gasteiger partial charge in [-0.2, -0.15) is 0 Å². The molecule has 2 fully saturated rings. The van der Waals surface area contributed by atoms with Crippen molar-refractivity contribution >= 4 is 5.95 Å². The van der Waals surface area contributed by atoms with Crippen LogP contribution >= 0.6 is 0 Å². The topological polar surface area (TPSA) is 33.1 Å². The van der Waals surface area contributed by atoms with Crippen LogP contribution in [0.2, 0.25) is 0 Å². The summed E-state index contributed by atoms with van der Waals surface area (Å²) in [7, 11) is 0. The third kappa shape index (κ3) is 4.00. The van der Waals surface area contributed by atoms with Gasteiger partial charge in [0.25, 0.3) is 0 Å². The van der Waals surface area contributed by atoms with E-state index in [4.69, 9.17) is 4.98 Å². The predicted molar refractivity (Wildman–Crippen MR) is 87.9 cm³/mol. The van der Waals surface area contributed by atoms with Crippen LogP contribution in [0.5, 0.6) is 0 Å². The minimum Gasteiger partial charge on any atom is -0.356 e. The van der Waals surface area contributed by atoms with Crippen molar-refractivity contribution in [2.24, 2.45) is 0 Å². The number of aryl methyl sites for hydroxylation is 1. The van der Waals surface area contributed by atoms with E-state index < -0.39 is 0 Å². The van der Waals surface area contributed by atoms with E-state index in [0.29, 0.717) is 6.04 Å². The van der Waals surface area contributed by atoms with Gasteiger partial charge in [-0.15, -0.1) is 0 Å². The molecule has 4 heteroatoms. The smallest absolute Gasteiger partial charge is 0.203 e.